The second-order valence-electron chi connectivity index (χ2n) is 11.9. The highest BCUT2D eigenvalue weighted by Crippen LogP contribution is 2.57. The molecule has 0 spiro atoms. The molecule has 1 saturated carbocycles. The predicted octanol–water partition coefficient (Wildman–Crippen LogP) is 3.92. The van der Waals surface area contributed by atoms with E-state index in [-0.39, 0.29) is 28.2 Å². The smallest absolute Gasteiger partial charge is 0.408 e. The molecule has 1 aromatic heterocycles. The maximum atomic E-state index is 13.7. The largest absolute Gasteiger partial charge is 0.444 e. The van der Waals surface area contributed by atoms with Crippen LogP contribution in [0.3, 0.4) is 0 Å². The van der Waals surface area contributed by atoms with Crippen LogP contribution >= 0.6 is 11.3 Å². The highest BCUT2D eigenvalue weighted by atomic mass is 32.2. The van der Waals surface area contributed by atoms with E-state index in [4.69, 9.17) is 4.74 Å². The number of carbonyl (C=O) groups excluding carboxylic acids is 4. The van der Waals surface area contributed by atoms with E-state index in [1.54, 1.807) is 32.2 Å². The molecule has 0 radical (unpaired) electrons. The van der Waals surface area contributed by atoms with Crippen LogP contribution in [0.2, 0.25) is 0 Å². The number of fused-ring (bicyclic) bond motifs is 2. The van der Waals surface area contributed by atoms with Gasteiger partial charge in [0.15, 0.2) is 5.78 Å². The average molecular weight is 594 g/mol. The number of nitrogens with one attached hydrogen (secondary N) is 2. The molecule has 0 aromatic carbocycles. The molecule has 3 aliphatic rings. The molecule has 1 aliphatic carbocycles. The molecule has 12 heteroatoms. The molecule has 0 bridgehead atoms. The minimum absolute atomic E-state index is 0.0320. The van der Waals surface area contributed by atoms with Crippen LogP contribution in [-0.4, -0.2) is 61.2 Å². The fourth-order valence-electron chi connectivity index (χ4n) is 5.57. The van der Waals surface area contributed by atoms with Gasteiger partial charge in [-0.25, -0.2) is 17.9 Å². The van der Waals surface area contributed by atoms with Crippen LogP contribution in [0.1, 0.15) is 78.6 Å². The monoisotopic (exact) mass is 593 g/mol. The van der Waals surface area contributed by atoms with Gasteiger partial charge >= 0.3 is 6.09 Å². The van der Waals surface area contributed by atoms with Crippen molar-refractivity contribution < 1.29 is 32.3 Å². The fourth-order valence-corrected chi connectivity index (χ4v) is 7.62. The average Bonchev–Trinajstić information content (AvgIpc) is 3.25. The standard InChI is InChI=1S/C28H39N3O7S2/c1-27(2,3)38-26(35)29-20-12-8-6-4-5-7-11-19-17-28(19,18-22(32)21-13-9-15-31(21)24(20)33)25(34)30-40(36,37)23-14-10-16-39-23/h7,10-11,14,16,19-21H,4-6,8-9,12-13,15,17-18H2,1-3H3,(H,29,35)(H,30,34)/b11-7-/t19-,20+,21+,28-/m1/s1. The summed E-state index contributed by atoms with van der Waals surface area (Å²) in [6.45, 7) is 5.61. The maximum Gasteiger partial charge on any atom is 0.408 e. The Balaban J connectivity index is 1.55. The lowest BCUT2D eigenvalue weighted by molar-refractivity contribution is -0.140. The van der Waals surface area contributed by atoms with Gasteiger partial charge in [-0.1, -0.05) is 31.1 Å². The van der Waals surface area contributed by atoms with E-state index in [1.165, 1.54) is 11.0 Å². The Bertz CT molecular complexity index is 1250. The summed E-state index contributed by atoms with van der Waals surface area (Å²) in [5.74, 6) is -1.54. The summed E-state index contributed by atoms with van der Waals surface area (Å²) in [4.78, 5) is 54.9. The minimum atomic E-state index is -4.05. The summed E-state index contributed by atoms with van der Waals surface area (Å²) in [6.07, 6.45) is 8.09. The Hall–Kier alpha value is -2.73. The summed E-state index contributed by atoms with van der Waals surface area (Å²) >= 11 is 1.01. The van der Waals surface area contributed by atoms with E-state index < -0.39 is 45.1 Å². The maximum absolute atomic E-state index is 13.7. The molecule has 2 aliphatic heterocycles. The Morgan fingerprint density at radius 1 is 1.12 bits per heavy atom. The molecule has 3 amide bonds. The zero-order chi connectivity index (χ0) is 29.1. The predicted molar refractivity (Wildman–Crippen MR) is 150 cm³/mol. The number of carbonyl (C=O) groups is 4. The summed E-state index contributed by atoms with van der Waals surface area (Å²) in [7, 11) is -4.05. The Morgan fingerprint density at radius 2 is 1.90 bits per heavy atom. The Morgan fingerprint density at radius 3 is 2.60 bits per heavy atom. The van der Waals surface area contributed by atoms with E-state index in [1.807, 2.05) is 12.2 Å². The van der Waals surface area contributed by atoms with Crippen molar-refractivity contribution in [2.24, 2.45) is 11.3 Å². The van der Waals surface area contributed by atoms with E-state index in [0.717, 1.165) is 30.6 Å². The first-order chi connectivity index (χ1) is 18.8. The molecule has 4 atom stereocenters. The first-order valence-electron chi connectivity index (χ1n) is 13.9. The van der Waals surface area contributed by atoms with Gasteiger partial charge in [0, 0.05) is 13.0 Å². The third-order valence-electron chi connectivity index (χ3n) is 7.69. The molecule has 10 nitrogen and oxygen atoms in total. The summed E-state index contributed by atoms with van der Waals surface area (Å²) in [6, 6.07) is 1.46. The second-order valence-corrected chi connectivity index (χ2v) is 14.8. The zero-order valence-corrected chi connectivity index (χ0v) is 24.9. The van der Waals surface area contributed by atoms with Gasteiger partial charge in [0.05, 0.1) is 11.5 Å². The number of hydrogen-bond donors (Lipinski definition) is 2. The molecule has 1 saturated heterocycles. The molecule has 2 N–H and O–H groups in total. The van der Waals surface area contributed by atoms with Crippen molar-refractivity contribution in [2.75, 3.05) is 6.54 Å². The van der Waals surface area contributed by atoms with Crippen LogP contribution in [0.4, 0.5) is 4.79 Å². The summed E-state index contributed by atoms with van der Waals surface area (Å²) < 4.78 is 33.2. The number of amides is 3. The normalized spacial score (nSPS) is 28.9. The number of rotatable bonds is 4. The molecule has 1 aromatic rings. The van der Waals surface area contributed by atoms with Crippen molar-refractivity contribution in [3.05, 3.63) is 29.7 Å². The van der Waals surface area contributed by atoms with Crippen LogP contribution in [0.5, 0.6) is 0 Å². The first-order valence-corrected chi connectivity index (χ1v) is 16.3. The number of allylic oxidation sites excluding steroid dienone is 2. The lowest BCUT2D eigenvalue weighted by atomic mass is 9.91. The molecule has 0 unspecified atom stereocenters. The van der Waals surface area contributed by atoms with Gasteiger partial charge < -0.3 is 15.0 Å². The fraction of sp³-hybridized carbons (Fsp3) is 0.643. The van der Waals surface area contributed by atoms with Crippen LogP contribution in [-0.2, 0) is 29.1 Å². The number of ether oxygens (including phenoxy) is 1. The highest BCUT2D eigenvalue weighted by molar-refractivity contribution is 7.92. The molecule has 40 heavy (non-hydrogen) atoms. The van der Waals surface area contributed by atoms with Gasteiger partial charge in [-0.3, -0.25) is 14.4 Å². The number of nitrogens with zero attached hydrogens (tertiary/aromatic N) is 1. The van der Waals surface area contributed by atoms with Gasteiger partial charge in [-0.05, 0) is 76.7 Å². The zero-order valence-electron chi connectivity index (χ0n) is 23.3. The second kappa shape index (κ2) is 12.0. The van der Waals surface area contributed by atoms with Crippen molar-refractivity contribution in [2.45, 2.75) is 100 Å². The highest BCUT2D eigenvalue weighted by Gasteiger charge is 2.61. The molecule has 220 valence electrons. The van der Waals surface area contributed by atoms with Crippen molar-refractivity contribution in [1.29, 1.82) is 0 Å². The minimum Gasteiger partial charge on any atom is -0.444 e. The number of sulfonamides is 1. The number of Topliss-reactive ketones (excluding diaryl/α,β-unsaturated/α-hetero) is 1. The van der Waals surface area contributed by atoms with E-state index in [0.29, 0.717) is 38.6 Å². The van der Waals surface area contributed by atoms with Crippen LogP contribution in [0, 0.1) is 11.3 Å². The van der Waals surface area contributed by atoms with Crippen molar-refractivity contribution in [3.63, 3.8) is 0 Å². The van der Waals surface area contributed by atoms with Crippen molar-refractivity contribution >= 4 is 45.1 Å². The van der Waals surface area contributed by atoms with E-state index in [9.17, 15) is 27.6 Å². The number of hydrogen-bond acceptors (Lipinski definition) is 8. The first kappa shape index (κ1) is 30.2. The Kier molecular flexibility index (Phi) is 9.08. The van der Waals surface area contributed by atoms with Crippen LogP contribution in [0.25, 0.3) is 0 Å². The molecular weight excluding hydrogens is 554 g/mol. The lowest BCUT2D eigenvalue weighted by Gasteiger charge is -2.30. The quantitative estimate of drug-likeness (QED) is 0.505. The summed E-state index contributed by atoms with van der Waals surface area (Å²) in [5, 5.41) is 4.33. The topological polar surface area (TPSA) is 139 Å². The Labute approximate surface area is 240 Å². The van der Waals surface area contributed by atoms with Crippen LogP contribution < -0.4 is 10.0 Å². The number of thiophene rings is 1. The van der Waals surface area contributed by atoms with Gasteiger partial charge in [-0.2, -0.15) is 0 Å². The number of alkyl carbamates (subject to hydrolysis) is 1. The lowest BCUT2D eigenvalue weighted by Crippen LogP contribution is -2.52. The molecule has 3 heterocycles. The van der Waals surface area contributed by atoms with Gasteiger partial charge in [-0.15, -0.1) is 11.3 Å². The number of ketones is 1. The van der Waals surface area contributed by atoms with Gasteiger partial charge in [0.2, 0.25) is 11.8 Å². The van der Waals surface area contributed by atoms with E-state index in [2.05, 4.69) is 10.0 Å². The van der Waals surface area contributed by atoms with Crippen molar-refractivity contribution in [3.8, 4) is 0 Å². The van der Waals surface area contributed by atoms with E-state index >= 15 is 0 Å². The van der Waals surface area contributed by atoms with Gasteiger partial charge in [0.1, 0.15) is 15.9 Å². The van der Waals surface area contributed by atoms with Crippen LogP contribution in [0.15, 0.2) is 33.9 Å². The van der Waals surface area contributed by atoms with Crippen molar-refractivity contribution in [1.82, 2.24) is 14.9 Å². The third kappa shape index (κ3) is 7.12. The molecule has 2 fully saturated rings. The SMILES string of the molecule is CC(C)(C)OC(=O)N[C@H]1CCCCC/C=C\[C@@H]2C[C@@]2(C(=O)NS(=O)(=O)c2cccs2)CC(=O)[C@@H]2CCCN2C1=O. The third-order valence-corrected chi connectivity index (χ3v) is 10.4. The molecule has 4 rings (SSSR count). The molecular formula is C28H39N3O7S2. The summed E-state index contributed by atoms with van der Waals surface area (Å²) in [5.41, 5.74) is -1.90. The van der Waals surface area contributed by atoms with Gasteiger partial charge in [0.25, 0.3) is 10.0 Å².